The van der Waals surface area contributed by atoms with Gasteiger partial charge in [0.25, 0.3) is 0 Å². The molecule has 2 aliphatic heterocycles. The Morgan fingerprint density at radius 3 is 2.31 bits per heavy atom. The van der Waals surface area contributed by atoms with Crippen LogP contribution in [-0.2, 0) is 17.4 Å². The van der Waals surface area contributed by atoms with Crippen molar-refractivity contribution < 1.29 is 18.0 Å². The number of rotatable bonds is 7. The number of halogens is 3. The zero-order chi connectivity index (χ0) is 25.5. The SMILES string of the molecule is N#Cc1cccc(CC2CCN(C(=O)CCCN3CCN(c4ccc(C(F)(F)F)cc4)CC3)CC2)c1. The van der Waals surface area contributed by atoms with Crippen molar-refractivity contribution in [2.45, 2.75) is 38.3 Å². The highest BCUT2D eigenvalue weighted by Gasteiger charge is 2.30. The molecule has 8 heteroatoms. The number of piperidine rings is 1. The predicted molar refractivity (Wildman–Crippen MR) is 133 cm³/mol. The summed E-state index contributed by atoms with van der Waals surface area (Å²) in [5.41, 5.74) is 2.08. The fourth-order valence-electron chi connectivity index (χ4n) is 5.19. The van der Waals surface area contributed by atoms with E-state index < -0.39 is 11.7 Å². The number of nitrogens with zero attached hydrogens (tertiary/aromatic N) is 4. The lowest BCUT2D eigenvalue weighted by atomic mass is 9.89. The zero-order valence-electron chi connectivity index (χ0n) is 20.5. The van der Waals surface area contributed by atoms with Crippen molar-refractivity contribution in [2.24, 2.45) is 5.92 Å². The number of carbonyl (C=O) groups is 1. The van der Waals surface area contributed by atoms with Crippen LogP contribution in [0.3, 0.4) is 0 Å². The van der Waals surface area contributed by atoms with E-state index in [-0.39, 0.29) is 5.91 Å². The smallest absolute Gasteiger partial charge is 0.369 e. The van der Waals surface area contributed by atoms with Gasteiger partial charge in [0.1, 0.15) is 0 Å². The number of amides is 1. The van der Waals surface area contributed by atoms with Crippen LogP contribution in [0.25, 0.3) is 0 Å². The summed E-state index contributed by atoms with van der Waals surface area (Å²) in [7, 11) is 0. The van der Waals surface area contributed by atoms with Crippen LogP contribution in [0.15, 0.2) is 48.5 Å². The molecule has 4 rings (SSSR count). The molecule has 2 saturated heterocycles. The molecule has 0 radical (unpaired) electrons. The van der Waals surface area contributed by atoms with Crippen LogP contribution in [0.5, 0.6) is 0 Å². The third kappa shape index (κ3) is 7.01. The second-order valence-electron chi connectivity index (χ2n) is 9.82. The first-order valence-corrected chi connectivity index (χ1v) is 12.7. The first-order valence-electron chi connectivity index (χ1n) is 12.7. The molecular weight excluding hydrogens is 465 g/mol. The predicted octanol–water partition coefficient (Wildman–Crippen LogP) is 4.96. The Bertz CT molecular complexity index is 1050. The Labute approximate surface area is 211 Å². The molecule has 0 spiro atoms. The summed E-state index contributed by atoms with van der Waals surface area (Å²) in [4.78, 5) is 19.1. The highest BCUT2D eigenvalue weighted by atomic mass is 19.4. The van der Waals surface area contributed by atoms with Gasteiger partial charge >= 0.3 is 6.18 Å². The molecule has 2 heterocycles. The van der Waals surface area contributed by atoms with Gasteiger partial charge in [0.05, 0.1) is 17.2 Å². The lowest BCUT2D eigenvalue weighted by molar-refractivity contribution is -0.137. The minimum atomic E-state index is -4.31. The Hall–Kier alpha value is -3.05. The largest absolute Gasteiger partial charge is 0.416 e. The number of likely N-dealkylation sites (tertiary alicyclic amines) is 1. The van der Waals surface area contributed by atoms with E-state index in [1.165, 1.54) is 5.56 Å². The van der Waals surface area contributed by atoms with E-state index in [1.807, 2.05) is 23.1 Å². The van der Waals surface area contributed by atoms with Gasteiger partial charge in [-0.1, -0.05) is 12.1 Å². The molecule has 2 fully saturated rings. The molecule has 1 amide bonds. The van der Waals surface area contributed by atoms with Gasteiger partial charge in [-0.05, 0) is 80.1 Å². The highest BCUT2D eigenvalue weighted by molar-refractivity contribution is 5.76. The summed E-state index contributed by atoms with van der Waals surface area (Å²) < 4.78 is 38.3. The molecular formula is C28H33F3N4O. The van der Waals surface area contributed by atoms with Crippen LogP contribution in [-0.4, -0.2) is 61.5 Å². The monoisotopic (exact) mass is 498 g/mol. The number of hydrogen-bond acceptors (Lipinski definition) is 4. The maximum Gasteiger partial charge on any atom is 0.416 e. The van der Waals surface area contributed by atoms with Gasteiger partial charge in [-0.25, -0.2) is 0 Å². The Kier molecular flexibility index (Phi) is 8.52. The zero-order valence-corrected chi connectivity index (χ0v) is 20.5. The van der Waals surface area contributed by atoms with Gasteiger partial charge in [-0.3, -0.25) is 9.69 Å². The number of anilines is 1. The maximum absolute atomic E-state index is 12.8. The standard InChI is InChI=1S/C28H33F3N4O/c29-28(30,31)25-6-8-26(9-7-25)34-17-15-33(16-18-34)12-2-5-27(36)35-13-10-22(11-14-35)19-23-3-1-4-24(20-23)21-32/h1,3-4,6-9,20,22H,2,5,10-19H2. The van der Waals surface area contributed by atoms with Gasteiger partial charge < -0.3 is 9.80 Å². The number of nitriles is 1. The maximum atomic E-state index is 12.8. The quantitative estimate of drug-likeness (QED) is 0.542. The van der Waals surface area contributed by atoms with Gasteiger partial charge in [-0.2, -0.15) is 18.4 Å². The van der Waals surface area contributed by atoms with E-state index in [4.69, 9.17) is 5.26 Å². The molecule has 36 heavy (non-hydrogen) atoms. The average molecular weight is 499 g/mol. The molecule has 2 aromatic rings. The molecule has 0 bridgehead atoms. The Morgan fingerprint density at radius 2 is 1.67 bits per heavy atom. The van der Waals surface area contributed by atoms with E-state index in [0.717, 1.165) is 89.3 Å². The van der Waals surface area contributed by atoms with Crippen LogP contribution >= 0.6 is 0 Å². The molecule has 0 aliphatic carbocycles. The van der Waals surface area contributed by atoms with Crippen LogP contribution in [0.2, 0.25) is 0 Å². The molecule has 2 aromatic carbocycles. The number of piperazine rings is 1. The Balaban J connectivity index is 1.12. The van der Waals surface area contributed by atoms with E-state index >= 15 is 0 Å². The van der Waals surface area contributed by atoms with Crippen molar-refractivity contribution >= 4 is 11.6 Å². The first kappa shape index (κ1) is 26.0. The van der Waals surface area contributed by atoms with Crippen LogP contribution in [0.1, 0.15) is 42.4 Å². The van der Waals surface area contributed by atoms with Crippen molar-refractivity contribution in [3.8, 4) is 6.07 Å². The van der Waals surface area contributed by atoms with Crippen molar-refractivity contribution in [2.75, 3.05) is 50.7 Å². The van der Waals surface area contributed by atoms with Crippen molar-refractivity contribution in [3.63, 3.8) is 0 Å². The van der Waals surface area contributed by atoms with E-state index in [2.05, 4.69) is 21.9 Å². The lowest BCUT2D eigenvalue weighted by Crippen LogP contribution is -2.46. The molecule has 5 nitrogen and oxygen atoms in total. The van der Waals surface area contributed by atoms with Crippen molar-refractivity contribution in [1.82, 2.24) is 9.80 Å². The lowest BCUT2D eigenvalue weighted by Gasteiger charge is -2.36. The van der Waals surface area contributed by atoms with Crippen LogP contribution in [0, 0.1) is 17.2 Å². The average Bonchev–Trinajstić information content (AvgIpc) is 2.89. The summed E-state index contributed by atoms with van der Waals surface area (Å²) in [5.74, 6) is 0.771. The topological polar surface area (TPSA) is 50.6 Å². The molecule has 0 atom stereocenters. The molecule has 0 N–H and O–H groups in total. The van der Waals surface area contributed by atoms with E-state index in [0.29, 0.717) is 17.9 Å². The fourth-order valence-corrected chi connectivity index (χ4v) is 5.19. The fraction of sp³-hybridized carbons (Fsp3) is 0.500. The van der Waals surface area contributed by atoms with Gasteiger partial charge in [0, 0.05) is 51.4 Å². The number of alkyl halides is 3. The summed E-state index contributed by atoms with van der Waals surface area (Å²) in [6.07, 6.45) is 0.00267. The van der Waals surface area contributed by atoms with Gasteiger partial charge in [-0.15, -0.1) is 0 Å². The molecule has 0 saturated carbocycles. The number of carbonyl (C=O) groups excluding carboxylic acids is 1. The van der Waals surface area contributed by atoms with Crippen molar-refractivity contribution in [1.29, 1.82) is 5.26 Å². The van der Waals surface area contributed by atoms with Crippen molar-refractivity contribution in [3.05, 3.63) is 65.2 Å². The summed E-state index contributed by atoms with van der Waals surface area (Å²) in [6, 6.07) is 15.4. The molecule has 0 unspecified atom stereocenters. The third-order valence-corrected chi connectivity index (χ3v) is 7.34. The minimum Gasteiger partial charge on any atom is -0.369 e. The van der Waals surface area contributed by atoms with Crippen LogP contribution < -0.4 is 4.90 Å². The number of hydrogen-bond donors (Lipinski definition) is 0. The molecule has 2 aliphatic rings. The summed E-state index contributed by atoms with van der Waals surface area (Å²) in [6.45, 7) is 5.67. The molecule has 0 aromatic heterocycles. The normalized spacial score (nSPS) is 17.7. The number of benzene rings is 2. The van der Waals surface area contributed by atoms with Gasteiger partial charge in [0.15, 0.2) is 0 Å². The Morgan fingerprint density at radius 1 is 0.972 bits per heavy atom. The summed E-state index contributed by atoms with van der Waals surface area (Å²) >= 11 is 0. The minimum absolute atomic E-state index is 0.225. The molecule has 192 valence electrons. The highest BCUT2D eigenvalue weighted by Crippen LogP contribution is 2.30. The second kappa shape index (κ2) is 11.8. The first-order chi connectivity index (χ1) is 17.3. The van der Waals surface area contributed by atoms with Gasteiger partial charge in [0.2, 0.25) is 5.91 Å². The van der Waals surface area contributed by atoms with E-state index in [9.17, 15) is 18.0 Å². The van der Waals surface area contributed by atoms with Crippen LogP contribution in [0.4, 0.5) is 18.9 Å². The second-order valence-corrected chi connectivity index (χ2v) is 9.82. The summed E-state index contributed by atoms with van der Waals surface area (Å²) in [5, 5.41) is 9.08. The van der Waals surface area contributed by atoms with E-state index in [1.54, 1.807) is 12.1 Å². The third-order valence-electron chi connectivity index (χ3n) is 7.34.